The number of hydrogen-bond donors (Lipinski definition) is 2. The zero-order chi connectivity index (χ0) is 19.5. The summed E-state index contributed by atoms with van der Waals surface area (Å²) in [6.07, 6.45) is 1.55. The van der Waals surface area contributed by atoms with E-state index in [2.05, 4.69) is 20.2 Å². The lowest BCUT2D eigenvalue weighted by Crippen LogP contribution is -2.52. The number of rotatable bonds is 5. The molecule has 0 spiro atoms. The molecule has 28 heavy (non-hydrogen) atoms. The first-order chi connectivity index (χ1) is 13.6. The topological polar surface area (TPSA) is 101 Å². The minimum Gasteiger partial charge on any atom is -0.366 e. The summed E-state index contributed by atoms with van der Waals surface area (Å²) < 4.78 is 0. The number of primary amides is 1. The first kappa shape index (κ1) is 17.7. The van der Waals surface area contributed by atoms with Gasteiger partial charge in [-0.15, -0.1) is 0 Å². The van der Waals surface area contributed by atoms with Crippen molar-refractivity contribution in [3.05, 3.63) is 72.6 Å². The highest BCUT2D eigenvalue weighted by Crippen LogP contribution is 2.26. The summed E-state index contributed by atoms with van der Waals surface area (Å²) in [5.41, 5.74) is 8.15. The Hall–Kier alpha value is -3.74. The molecule has 1 saturated heterocycles. The number of nitrogens with zero attached hydrogens (tertiary/aromatic N) is 3. The van der Waals surface area contributed by atoms with Crippen molar-refractivity contribution in [2.24, 2.45) is 11.7 Å². The third-order valence-electron chi connectivity index (χ3n) is 4.74. The Kier molecular flexibility index (Phi) is 4.72. The summed E-state index contributed by atoms with van der Waals surface area (Å²) in [5.74, 6) is 0.141. The Balaban J connectivity index is 1.36. The molecule has 7 nitrogen and oxygen atoms in total. The maximum Gasteiger partial charge on any atom is 0.248 e. The molecule has 0 atom stereocenters. The molecule has 2 heterocycles. The number of amides is 2. The number of hydrogen-bond acceptors (Lipinski definition) is 5. The summed E-state index contributed by atoms with van der Waals surface area (Å²) >= 11 is 0. The predicted octanol–water partition coefficient (Wildman–Crippen LogP) is 2.32. The third-order valence-corrected chi connectivity index (χ3v) is 4.74. The van der Waals surface area contributed by atoms with Crippen molar-refractivity contribution >= 4 is 23.3 Å². The smallest absolute Gasteiger partial charge is 0.248 e. The van der Waals surface area contributed by atoms with Crippen molar-refractivity contribution < 1.29 is 9.59 Å². The van der Waals surface area contributed by atoms with Gasteiger partial charge in [0.1, 0.15) is 12.1 Å². The largest absolute Gasteiger partial charge is 0.366 e. The zero-order valence-corrected chi connectivity index (χ0v) is 15.1. The summed E-state index contributed by atoms with van der Waals surface area (Å²) in [6, 6.07) is 18.4. The lowest BCUT2D eigenvalue weighted by atomic mass is 9.98. The number of aromatic nitrogens is 2. The van der Waals surface area contributed by atoms with Gasteiger partial charge >= 0.3 is 0 Å². The molecule has 0 unspecified atom stereocenters. The van der Waals surface area contributed by atoms with E-state index in [1.807, 2.05) is 36.4 Å². The van der Waals surface area contributed by atoms with E-state index in [0.29, 0.717) is 24.3 Å². The first-order valence-corrected chi connectivity index (χ1v) is 8.93. The summed E-state index contributed by atoms with van der Waals surface area (Å²) in [7, 11) is 0. The zero-order valence-electron chi connectivity index (χ0n) is 15.1. The van der Waals surface area contributed by atoms with Crippen molar-refractivity contribution in [1.29, 1.82) is 0 Å². The van der Waals surface area contributed by atoms with Crippen LogP contribution in [0.3, 0.4) is 0 Å². The molecule has 0 bridgehead atoms. The van der Waals surface area contributed by atoms with Crippen LogP contribution >= 0.6 is 0 Å². The number of anilines is 2. The molecule has 4 rings (SSSR count). The molecule has 7 heteroatoms. The van der Waals surface area contributed by atoms with Crippen LogP contribution in [-0.4, -0.2) is 34.9 Å². The van der Waals surface area contributed by atoms with Gasteiger partial charge in [-0.2, -0.15) is 0 Å². The van der Waals surface area contributed by atoms with Crippen LogP contribution in [0.5, 0.6) is 0 Å². The number of nitrogens with two attached hydrogens (primary N) is 1. The molecule has 1 aromatic heterocycles. The van der Waals surface area contributed by atoms with Crippen LogP contribution in [0.15, 0.2) is 67.0 Å². The Morgan fingerprint density at radius 1 is 1.00 bits per heavy atom. The van der Waals surface area contributed by atoms with Gasteiger partial charge in [0.2, 0.25) is 11.8 Å². The van der Waals surface area contributed by atoms with Crippen molar-refractivity contribution in [2.45, 2.75) is 0 Å². The second kappa shape index (κ2) is 7.48. The number of nitrogens with one attached hydrogen (secondary N) is 1. The Morgan fingerprint density at radius 2 is 1.71 bits per heavy atom. The monoisotopic (exact) mass is 373 g/mol. The van der Waals surface area contributed by atoms with Gasteiger partial charge in [-0.3, -0.25) is 9.59 Å². The quantitative estimate of drug-likeness (QED) is 0.715. The van der Waals surface area contributed by atoms with E-state index >= 15 is 0 Å². The maximum absolute atomic E-state index is 12.4. The van der Waals surface area contributed by atoms with Gasteiger partial charge < -0.3 is 16.0 Å². The van der Waals surface area contributed by atoms with Crippen LogP contribution < -0.4 is 16.0 Å². The van der Waals surface area contributed by atoms with Gasteiger partial charge in [0.15, 0.2) is 0 Å². The molecular weight excluding hydrogens is 354 g/mol. The molecule has 1 aliphatic rings. The number of benzene rings is 2. The average molecular weight is 373 g/mol. The van der Waals surface area contributed by atoms with E-state index in [0.717, 1.165) is 17.1 Å². The van der Waals surface area contributed by atoms with Crippen LogP contribution in [0.25, 0.3) is 11.3 Å². The Bertz CT molecular complexity index is 999. The molecule has 2 amide bonds. The molecule has 0 radical (unpaired) electrons. The first-order valence-electron chi connectivity index (χ1n) is 8.93. The average Bonchev–Trinajstić information content (AvgIpc) is 2.68. The second-order valence-electron chi connectivity index (χ2n) is 6.66. The highest BCUT2D eigenvalue weighted by molar-refractivity contribution is 5.96. The minimum atomic E-state index is -0.493. The van der Waals surface area contributed by atoms with Gasteiger partial charge in [-0.05, 0) is 24.3 Å². The third kappa shape index (κ3) is 3.68. The van der Waals surface area contributed by atoms with Gasteiger partial charge in [0.25, 0.3) is 0 Å². The molecule has 1 aliphatic heterocycles. The molecule has 3 aromatic rings. The standard InChI is InChI=1S/C21H19N5O2/c22-20(27)15-6-8-17(9-7-15)25-21(28)16-11-26(12-16)19-10-18(23-13-24-19)14-4-2-1-3-5-14/h1-10,13,16H,11-12H2,(H2,22,27)(H,25,28). The van der Waals surface area contributed by atoms with Crippen molar-refractivity contribution in [3.8, 4) is 11.3 Å². The van der Waals surface area contributed by atoms with E-state index < -0.39 is 5.91 Å². The number of carbonyl (C=O) groups excluding carboxylic acids is 2. The fourth-order valence-electron chi connectivity index (χ4n) is 3.08. The summed E-state index contributed by atoms with van der Waals surface area (Å²) in [6.45, 7) is 1.19. The van der Waals surface area contributed by atoms with Gasteiger partial charge in [0, 0.05) is 36.0 Å². The van der Waals surface area contributed by atoms with Crippen molar-refractivity contribution in [2.75, 3.05) is 23.3 Å². The van der Waals surface area contributed by atoms with Crippen LogP contribution in [0.2, 0.25) is 0 Å². The van der Waals surface area contributed by atoms with Crippen LogP contribution in [0, 0.1) is 5.92 Å². The molecule has 3 N–H and O–H groups in total. The fourth-order valence-corrected chi connectivity index (χ4v) is 3.08. The second-order valence-corrected chi connectivity index (χ2v) is 6.66. The Labute approximate surface area is 162 Å². The van der Waals surface area contributed by atoms with Crippen LogP contribution in [-0.2, 0) is 4.79 Å². The lowest BCUT2D eigenvalue weighted by Gasteiger charge is -2.39. The minimum absolute atomic E-state index is 0.0552. The SMILES string of the molecule is NC(=O)c1ccc(NC(=O)C2CN(c3cc(-c4ccccc4)ncn3)C2)cc1. The van der Waals surface area contributed by atoms with E-state index in [1.165, 1.54) is 0 Å². The normalized spacial score (nSPS) is 13.6. The molecule has 0 aliphatic carbocycles. The van der Waals surface area contributed by atoms with E-state index in [1.54, 1.807) is 30.6 Å². The van der Waals surface area contributed by atoms with E-state index in [-0.39, 0.29) is 11.8 Å². The van der Waals surface area contributed by atoms with Gasteiger partial charge in [-0.25, -0.2) is 9.97 Å². The van der Waals surface area contributed by atoms with Crippen LogP contribution in [0.4, 0.5) is 11.5 Å². The Morgan fingerprint density at radius 3 is 2.39 bits per heavy atom. The predicted molar refractivity (Wildman–Crippen MR) is 107 cm³/mol. The molecule has 140 valence electrons. The maximum atomic E-state index is 12.4. The molecule has 2 aromatic carbocycles. The summed E-state index contributed by atoms with van der Waals surface area (Å²) in [5, 5.41) is 2.87. The highest BCUT2D eigenvalue weighted by Gasteiger charge is 2.33. The summed E-state index contributed by atoms with van der Waals surface area (Å²) in [4.78, 5) is 34.2. The molecule has 1 fully saturated rings. The lowest BCUT2D eigenvalue weighted by molar-refractivity contribution is -0.120. The van der Waals surface area contributed by atoms with Crippen molar-refractivity contribution in [3.63, 3.8) is 0 Å². The van der Waals surface area contributed by atoms with Gasteiger partial charge in [0.05, 0.1) is 11.6 Å². The van der Waals surface area contributed by atoms with E-state index in [4.69, 9.17) is 5.73 Å². The molecular formula is C21H19N5O2. The highest BCUT2D eigenvalue weighted by atomic mass is 16.2. The fraction of sp³-hybridized carbons (Fsp3) is 0.143. The van der Waals surface area contributed by atoms with E-state index in [9.17, 15) is 9.59 Å². The molecule has 0 saturated carbocycles. The van der Waals surface area contributed by atoms with Crippen molar-refractivity contribution in [1.82, 2.24) is 9.97 Å². The van der Waals surface area contributed by atoms with Crippen LogP contribution in [0.1, 0.15) is 10.4 Å². The van der Waals surface area contributed by atoms with Gasteiger partial charge in [-0.1, -0.05) is 30.3 Å². The number of carbonyl (C=O) groups is 2.